The number of nitrogen functional groups attached to an aromatic ring is 1. The van der Waals surface area contributed by atoms with E-state index < -0.39 is 17.2 Å². The summed E-state index contributed by atoms with van der Waals surface area (Å²) in [6, 6.07) is 6.97. The van der Waals surface area contributed by atoms with Crippen molar-refractivity contribution in [2.45, 2.75) is 27.3 Å². The molecule has 0 saturated heterocycles. The van der Waals surface area contributed by atoms with Gasteiger partial charge in [0.05, 0.1) is 13.2 Å². The topological polar surface area (TPSA) is 129 Å². The van der Waals surface area contributed by atoms with E-state index in [2.05, 4.69) is 4.98 Å². The second-order valence-electron chi connectivity index (χ2n) is 7.20. The molecule has 0 aliphatic heterocycles. The van der Waals surface area contributed by atoms with Crippen molar-refractivity contribution in [3.63, 3.8) is 0 Å². The molecule has 0 saturated carbocycles. The van der Waals surface area contributed by atoms with Gasteiger partial charge in [0.1, 0.15) is 5.82 Å². The molecule has 1 aromatic carbocycles. The standard InChI is InChI=1S/C21H30N4O6/c1-5-30-15-8-6-7-9-16(15)31-13-17(26)24(10-11-29-4)18-19(22)25(12-14(2)3)21(28)23-20(18)27/h6-9,14H,5,10-13,22H2,1-4H3,(H,23,27,28). The molecule has 170 valence electrons. The van der Waals surface area contributed by atoms with Gasteiger partial charge in [-0.05, 0) is 25.0 Å². The highest BCUT2D eigenvalue weighted by Gasteiger charge is 2.25. The van der Waals surface area contributed by atoms with Crippen LogP contribution in [0.5, 0.6) is 11.5 Å². The minimum atomic E-state index is -0.748. The lowest BCUT2D eigenvalue weighted by Crippen LogP contribution is -2.44. The molecule has 0 unspecified atom stereocenters. The lowest BCUT2D eigenvalue weighted by Gasteiger charge is -2.25. The van der Waals surface area contributed by atoms with E-state index in [1.165, 1.54) is 16.6 Å². The van der Waals surface area contributed by atoms with Crippen molar-refractivity contribution in [3.8, 4) is 11.5 Å². The number of para-hydroxylation sites is 2. The highest BCUT2D eigenvalue weighted by molar-refractivity contribution is 5.96. The number of nitrogens with two attached hydrogens (primary N) is 1. The van der Waals surface area contributed by atoms with Gasteiger partial charge in [-0.2, -0.15) is 0 Å². The smallest absolute Gasteiger partial charge is 0.330 e. The molecule has 31 heavy (non-hydrogen) atoms. The van der Waals surface area contributed by atoms with Gasteiger partial charge in [0.15, 0.2) is 23.8 Å². The summed E-state index contributed by atoms with van der Waals surface area (Å²) < 4.78 is 17.5. The zero-order valence-electron chi connectivity index (χ0n) is 18.3. The number of H-pyrrole nitrogens is 1. The Morgan fingerprint density at radius 3 is 2.42 bits per heavy atom. The lowest BCUT2D eigenvalue weighted by atomic mass is 10.2. The second kappa shape index (κ2) is 11.2. The van der Waals surface area contributed by atoms with Crippen LogP contribution in [0.1, 0.15) is 20.8 Å². The number of carbonyl (C=O) groups excluding carboxylic acids is 1. The van der Waals surface area contributed by atoms with Crippen LogP contribution in [-0.2, 0) is 16.1 Å². The third kappa shape index (κ3) is 6.11. The first kappa shape index (κ1) is 24.0. The summed E-state index contributed by atoms with van der Waals surface area (Å²) in [7, 11) is 1.48. The lowest BCUT2D eigenvalue weighted by molar-refractivity contribution is -0.120. The summed E-state index contributed by atoms with van der Waals surface area (Å²) in [4.78, 5) is 41.2. The molecule has 0 spiro atoms. The fraction of sp³-hybridized carbons (Fsp3) is 0.476. The molecule has 10 heteroatoms. The van der Waals surface area contributed by atoms with Crippen LogP contribution in [0, 0.1) is 5.92 Å². The number of hydrogen-bond donors (Lipinski definition) is 2. The highest BCUT2D eigenvalue weighted by Crippen LogP contribution is 2.26. The van der Waals surface area contributed by atoms with Crippen LogP contribution < -0.4 is 31.4 Å². The van der Waals surface area contributed by atoms with Crippen LogP contribution in [-0.4, -0.2) is 48.9 Å². The molecule has 3 N–H and O–H groups in total. The van der Waals surface area contributed by atoms with E-state index in [0.717, 1.165) is 0 Å². The second-order valence-corrected chi connectivity index (χ2v) is 7.20. The van der Waals surface area contributed by atoms with E-state index in [1.54, 1.807) is 24.3 Å². The minimum absolute atomic E-state index is 0.0545. The van der Waals surface area contributed by atoms with Crippen LogP contribution in [0.25, 0.3) is 0 Å². The van der Waals surface area contributed by atoms with E-state index in [4.69, 9.17) is 19.9 Å². The van der Waals surface area contributed by atoms with Crippen LogP contribution in [0.15, 0.2) is 33.9 Å². The van der Waals surface area contributed by atoms with Crippen molar-refractivity contribution in [2.75, 3.05) is 44.1 Å². The number of methoxy groups -OCH3 is 1. The molecule has 1 amide bonds. The zero-order chi connectivity index (χ0) is 23.0. The Hall–Kier alpha value is -3.27. The van der Waals surface area contributed by atoms with E-state index in [9.17, 15) is 14.4 Å². The number of anilines is 2. The minimum Gasteiger partial charge on any atom is -0.490 e. The zero-order valence-corrected chi connectivity index (χ0v) is 18.3. The number of amides is 1. The summed E-state index contributed by atoms with van der Waals surface area (Å²) in [6.45, 7) is 6.24. The Labute approximate surface area is 180 Å². The molecule has 0 aliphatic rings. The maximum atomic E-state index is 13.0. The van der Waals surface area contributed by atoms with Crippen molar-refractivity contribution in [2.24, 2.45) is 5.92 Å². The first-order chi connectivity index (χ1) is 14.8. The third-order valence-corrected chi connectivity index (χ3v) is 4.35. The number of carbonyl (C=O) groups is 1. The third-order valence-electron chi connectivity index (χ3n) is 4.35. The largest absolute Gasteiger partial charge is 0.490 e. The van der Waals surface area contributed by atoms with Crippen molar-refractivity contribution >= 4 is 17.4 Å². The van der Waals surface area contributed by atoms with Gasteiger partial charge < -0.3 is 19.9 Å². The van der Waals surface area contributed by atoms with Crippen LogP contribution in [0.4, 0.5) is 11.5 Å². The fourth-order valence-corrected chi connectivity index (χ4v) is 2.99. The van der Waals surface area contributed by atoms with Crippen molar-refractivity contribution < 1.29 is 19.0 Å². The molecule has 1 aromatic heterocycles. The number of rotatable bonds is 11. The van der Waals surface area contributed by atoms with Gasteiger partial charge in [0.25, 0.3) is 11.5 Å². The Balaban J connectivity index is 2.37. The van der Waals surface area contributed by atoms with Crippen molar-refractivity contribution in [3.05, 3.63) is 45.1 Å². The van der Waals surface area contributed by atoms with Crippen LogP contribution in [0.2, 0.25) is 0 Å². The van der Waals surface area contributed by atoms with Crippen molar-refractivity contribution in [1.82, 2.24) is 9.55 Å². The Morgan fingerprint density at radius 2 is 1.84 bits per heavy atom. The predicted octanol–water partition coefficient (Wildman–Crippen LogP) is 1.23. The number of nitrogens with one attached hydrogen (secondary N) is 1. The number of nitrogens with zero attached hydrogens (tertiary/aromatic N) is 2. The number of hydrogen-bond acceptors (Lipinski definition) is 7. The molecule has 0 bridgehead atoms. The molecule has 2 aromatic rings. The summed E-state index contributed by atoms with van der Waals surface area (Å²) in [6.07, 6.45) is 0. The molecule has 0 fully saturated rings. The average Bonchev–Trinajstić information content (AvgIpc) is 2.72. The predicted molar refractivity (Wildman–Crippen MR) is 118 cm³/mol. The fourth-order valence-electron chi connectivity index (χ4n) is 2.99. The monoisotopic (exact) mass is 434 g/mol. The van der Waals surface area contributed by atoms with Crippen molar-refractivity contribution in [1.29, 1.82) is 0 Å². The normalized spacial score (nSPS) is 10.9. The number of benzene rings is 1. The van der Waals surface area contributed by atoms with Crippen LogP contribution in [0.3, 0.4) is 0 Å². The van der Waals surface area contributed by atoms with Gasteiger partial charge in [-0.3, -0.25) is 24.0 Å². The average molecular weight is 434 g/mol. The van der Waals surface area contributed by atoms with Gasteiger partial charge in [-0.25, -0.2) is 4.79 Å². The van der Waals surface area contributed by atoms with Gasteiger partial charge in [0, 0.05) is 20.2 Å². The molecule has 10 nitrogen and oxygen atoms in total. The summed E-state index contributed by atoms with van der Waals surface area (Å²) in [5.74, 6) is 0.400. The van der Waals surface area contributed by atoms with Crippen LogP contribution >= 0.6 is 0 Å². The SMILES string of the molecule is CCOc1ccccc1OCC(=O)N(CCOC)c1c(N)n(CC(C)C)c(=O)[nH]c1=O. The van der Waals surface area contributed by atoms with E-state index in [-0.39, 0.29) is 37.2 Å². The molecule has 1 heterocycles. The van der Waals surface area contributed by atoms with Gasteiger partial charge >= 0.3 is 5.69 Å². The van der Waals surface area contributed by atoms with Gasteiger partial charge in [0.2, 0.25) is 0 Å². The molecule has 2 rings (SSSR count). The van der Waals surface area contributed by atoms with Gasteiger partial charge in [-0.1, -0.05) is 26.0 Å². The van der Waals surface area contributed by atoms with E-state index in [0.29, 0.717) is 24.7 Å². The first-order valence-electron chi connectivity index (χ1n) is 10.1. The molecular formula is C21H30N4O6. The first-order valence-corrected chi connectivity index (χ1v) is 10.1. The quantitative estimate of drug-likeness (QED) is 0.544. The van der Waals surface area contributed by atoms with E-state index in [1.807, 2.05) is 20.8 Å². The molecular weight excluding hydrogens is 404 g/mol. The number of aromatic amines is 1. The summed E-state index contributed by atoms with van der Waals surface area (Å²) in [5.41, 5.74) is 4.68. The molecule has 0 aliphatic carbocycles. The number of ether oxygens (including phenoxy) is 3. The molecule has 0 radical (unpaired) electrons. The summed E-state index contributed by atoms with van der Waals surface area (Å²) in [5, 5.41) is 0. The Bertz CT molecular complexity index is 998. The highest BCUT2D eigenvalue weighted by atomic mass is 16.5. The number of aromatic nitrogens is 2. The van der Waals surface area contributed by atoms with Gasteiger partial charge in [-0.15, -0.1) is 0 Å². The maximum absolute atomic E-state index is 13.0. The Morgan fingerprint density at radius 1 is 1.19 bits per heavy atom. The van der Waals surface area contributed by atoms with E-state index >= 15 is 0 Å². The Kier molecular flexibility index (Phi) is 8.68. The summed E-state index contributed by atoms with van der Waals surface area (Å²) >= 11 is 0. The maximum Gasteiger partial charge on any atom is 0.330 e. The molecule has 0 atom stereocenters.